The number of carboxylic acids is 1. The fraction of sp³-hybridized carbons (Fsp3) is 0.235. The number of aryl methyl sites for hydroxylation is 2. The van der Waals surface area contributed by atoms with E-state index >= 15 is 0 Å². The molecule has 0 aliphatic carbocycles. The Kier molecular flexibility index (Phi) is 4.51. The number of nitrogens with one attached hydrogen (secondary N) is 2. The van der Waals surface area contributed by atoms with E-state index in [-0.39, 0.29) is 17.1 Å². The largest absolute Gasteiger partial charge is 0.478 e. The SMILES string of the molecule is Nc1nc2[nH]cc(CCCCc3ccc(C(=O)O)c(F)c3)c2c(=O)[nH]1. The van der Waals surface area contributed by atoms with Crippen LogP contribution >= 0.6 is 0 Å². The van der Waals surface area contributed by atoms with Gasteiger partial charge in [0.15, 0.2) is 0 Å². The van der Waals surface area contributed by atoms with Crippen molar-refractivity contribution >= 4 is 23.0 Å². The summed E-state index contributed by atoms with van der Waals surface area (Å²) in [7, 11) is 0. The van der Waals surface area contributed by atoms with Gasteiger partial charge in [0.25, 0.3) is 5.56 Å². The number of carbonyl (C=O) groups is 1. The molecule has 0 aliphatic rings. The highest BCUT2D eigenvalue weighted by Crippen LogP contribution is 2.17. The number of aromatic nitrogens is 3. The van der Waals surface area contributed by atoms with E-state index in [2.05, 4.69) is 15.0 Å². The van der Waals surface area contributed by atoms with E-state index in [1.807, 2.05) is 0 Å². The number of halogens is 1. The number of benzene rings is 1. The number of fused-ring (bicyclic) bond motifs is 1. The Labute approximate surface area is 141 Å². The minimum absolute atomic E-state index is 0.0673. The second-order valence-corrected chi connectivity index (χ2v) is 5.82. The van der Waals surface area contributed by atoms with Crippen LogP contribution in [-0.2, 0) is 12.8 Å². The van der Waals surface area contributed by atoms with E-state index < -0.39 is 11.8 Å². The molecule has 0 saturated heterocycles. The number of nitrogen functional groups attached to an aromatic ring is 1. The van der Waals surface area contributed by atoms with Gasteiger partial charge in [0, 0.05) is 6.20 Å². The summed E-state index contributed by atoms with van der Waals surface area (Å²) in [6.45, 7) is 0. The lowest BCUT2D eigenvalue weighted by Gasteiger charge is -2.04. The molecule has 0 spiro atoms. The Balaban J connectivity index is 1.62. The first kappa shape index (κ1) is 16.7. The third-order valence-corrected chi connectivity index (χ3v) is 4.07. The van der Waals surface area contributed by atoms with Crippen molar-refractivity contribution in [1.29, 1.82) is 0 Å². The molecule has 0 amide bonds. The standard InChI is InChI=1S/C17H17FN4O3/c18-12-7-9(5-6-11(12)16(24)25)3-1-2-4-10-8-20-14-13(10)15(23)22-17(19)21-14/h5-8H,1-4H2,(H,24,25)(H4,19,20,21,22,23). The molecular weight excluding hydrogens is 327 g/mol. The number of nitrogens with two attached hydrogens (primary N) is 1. The van der Waals surface area contributed by atoms with Crippen LogP contribution in [0.25, 0.3) is 11.0 Å². The summed E-state index contributed by atoms with van der Waals surface area (Å²) in [5.74, 6) is -1.93. The Hall–Kier alpha value is -3.16. The van der Waals surface area contributed by atoms with E-state index in [1.54, 1.807) is 12.3 Å². The van der Waals surface area contributed by atoms with Crippen LogP contribution in [0.5, 0.6) is 0 Å². The molecule has 25 heavy (non-hydrogen) atoms. The second-order valence-electron chi connectivity index (χ2n) is 5.82. The zero-order valence-electron chi connectivity index (χ0n) is 13.3. The molecule has 0 fully saturated rings. The van der Waals surface area contributed by atoms with Crippen molar-refractivity contribution in [3.63, 3.8) is 0 Å². The highest BCUT2D eigenvalue weighted by molar-refractivity contribution is 5.87. The molecule has 130 valence electrons. The van der Waals surface area contributed by atoms with Gasteiger partial charge in [0.2, 0.25) is 5.95 Å². The molecule has 0 bridgehead atoms. The summed E-state index contributed by atoms with van der Waals surface area (Å²) < 4.78 is 13.6. The molecular formula is C17H17FN4O3. The van der Waals surface area contributed by atoms with Gasteiger partial charge < -0.3 is 15.8 Å². The van der Waals surface area contributed by atoms with Crippen molar-refractivity contribution in [3.05, 3.63) is 57.3 Å². The highest BCUT2D eigenvalue weighted by Gasteiger charge is 2.11. The van der Waals surface area contributed by atoms with Gasteiger partial charge in [-0.2, -0.15) is 4.98 Å². The summed E-state index contributed by atoms with van der Waals surface area (Å²) in [6.07, 6.45) is 4.61. The van der Waals surface area contributed by atoms with Crippen molar-refractivity contribution in [2.75, 3.05) is 5.73 Å². The monoisotopic (exact) mass is 344 g/mol. The Morgan fingerprint density at radius 3 is 2.76 bits per heavy atom. The summed E-state index contributed by atoms with van der Waals surface area (Å²) >= 11 is 0. The Bertz CT molecular complexity index is 993. The Morgan fingerprint density at radius 1 is 1.28 bits per heavy atom. The molecule has 0 radical (unpaired) electrons. The van der Waals surface area contributed by atoms with Crippen LogP contribution in [-0.4, -0.2) is 26.0 Å². The predicted octanol–water partition coefficient (Wildman–Crippen LogP) is 2.24. The van der Waals surface area contributed by atoms with Crippen LogP contribution in [0.4, 0.5) is 10.3 Å². The molecule has 2 aromatic heterocycles. The smallest absolute Gasteiger partial charge is 0.338 e. The number of unbranched alkanes of at least 4 members (excludes halogenated alkanes) is 1. The topological polar surface area (TPSA) is 125 Å². The number of aromatic amines is 2. The zero-order chi connectivity index (χ0) is 18.0. The second kappa shape index (κ2) is 6.76. The molecule has 2 heterocycles. The van der Waals surface area contributed by atoms with Crippen molar-refractivity contribution in [1.82, 2.24) is 15.0 Å². The maximum Gasteiger partial charge on any atom is 0.338 e. The van der Waals surface area contributed by atoms with Gasteiger partial charge in [-0.1, -0.05) is 6.07 Å². The summed E-state index contributed by atoms with van der Waals surface area (Å²) in [5.41, 5.74) is 6.97. The maximum absolute atomic E-state index is 13.6. The molecule has 7 nitrogen and oxygen atoms in total. The zero-order valence-corrected chi connectivity index (χ0v) is 13.3. The molecule has 3 aromatic rings. The quantitative estimate of drug-likeness (QED) is 0.510. The lowest BCUT2D eigenvalue weighted by atomic mass is 10.0. The van der Waals surface area contributed by atoms with E-state index in [1.165, 1.54) is 12.1 Å². The van der Waals surface area contributed by atoms with E-state index in [0.29, 0.717) is 23.9 Å². The van der Waals surface area contributed by atoms with Gasteiger partial charge in [-0.05, 0) is 48.9 Å². The van der Waals surface area contributed by atoms with Gasteiger partial charge in [-0.3, -0.25) is 9.78 Å². The van der Waals surface area contributed by atoms with Gasteiger partial charge in [0.1, 0.15) is 11.5 Å². The summed E-state index contributed by atoms with van der Waals surface area (Å²) in [4.78, 5) is 32.2. The lowest BCUT2D eigenvalue weighted by molar-refractivity contribution is 0.0692. The number of nitrogens with zero attached hydrogens (tertiary/aromatic N) is 1. The van der Waals surface area contributed by atoms with Crippen molar-refractivity contribution < 1.29 is 14.3 Å². The number of hydrogen-bond donors (Lipinski definition) is 4. The minimum Gasteiger partial charge on any atom is -0.478 e. The molecule has 5 N–H and O–H groups in total. The van der Waals surface area contributed by atoms with Gasteiger partial charge in [-0.25, -0.2) is 9.18 Å². The van der Waals surface area contributed by atoms with Crippen molar-refractivity contribution in [2.45, 2.75) is 25.7 Å². The van der Waals surface area contributed by atoms with Gasteiger partial charge >= 0.3 is 5.97 Å². The first-order valence-corrected chi connectivity index (χ1v) is 7.83. The van der Waals surface area contributed by atoms with Crippen LogP contribution in [0.3, 0.4) is 0 Å². The van der Waals surface area contributed by atoms with E-state index in [9.17, 15) is 14.0 Å². The molecule has 8 heteroatoms. The van der Waals surface area contributed by atoms with E-state index in [0.717, 1.165) is 24.0 Å². The highest BCUT2D eigenvalue weighted by atomic mass is 19.1. The third kappa shape index (κ3) is 3.52. The normalized spacial score (nSPS) is 11.1. The Morgan fingerprint density at radius 2 is 2.04 bits per heavy atom. The van der Waals surface area contributed by atoms with Gasteiger partial charge in [0.05, 0.1) is 10.9 Å². The molecule has 0 aliphatic heterocycles. The molecule has 0 unspecified atom stereocenters. The fourth-order valence-corrected chi connectivity index (χ4v) is 2.85. The summed E-state index contributed by atoms with van der Waals surface area (Å²) in [5, 5.41) is 9.32. The number of hydrogen-bond acceptors (Lipinski definition) is 4. The average molecular weight is 344 g/mol. The number of rotatable bonds is 6. The number of anilines is 1. The van der Waals surface area contributed by atoms with Crippen LogP contribution in [0.2, 0.25) is 0 Å². The number of aromatic carboxylic acids is 1. The first-order valence-electron chi connectivity index (χ1n) is 7.83. The van der Waals surface area contributed by atoms with Crippen LogP contribution in [0.15, 0.2) is 29.2 Å². The fourth-order valence-electron chi connectivity index (χ4n) is 2.85. The van der Waals surface area contributed by atoms with Crippen LogP contribution < -0.4 is 11.3 Å². The number of carboxylic acid groups (broad SMARTS) is 1. The minimum atomic E-state index is -1.28. The average Bonchev–Trinajstić information content (AvgIpc) is 2.94. The van der Waals surface area contributed by atoms with Crippen molar-refractivity contribution in [2.24, 2.45) is 0 Å². The van der Waals surface area contributed by atoms with Crippen molar-refractivity contribution in [3.8, 4) is 0 Å². The van der Waals surface area contributed by atoms with Crippen LogP contribution in [0, 0.1) is 5.82 Å². The maximum atomic E-state index is 13.6. The predicted molar refractivity (Wildman–Crippen MR) is 91.1 cm³/mol. The lowest BCUT2D eigenvalue weighted by Crippen LogP contribution is -2.11. The van der Waals surface area contributed by atoms with Gasteiger partial charge in [-0.15, -0.1) is 0 Å². The molecule has 1 aromatic carbocycles. The first-order chi connectivity index (χ1) is 12.0. The number of H-pyrrole nitrogens is 2. The third-order valence-electron chi connectivity index (χ3n) is 4.07. The van der Waals surface area contributed by atoms with E-state index in [4.69, 9.17) is 10.8 Å². The molecule has 0 atom stereocenters. The van der Waals surface area contributed by atoms with Crippen LogP contribution in [0.1, 0.15) is 34.3 Å². The molecule has 0 saturated carbocycles. The molecule has 3 rings (SSSR count). The summed E-state index contributed by atoms with van der Waals surface area (Å²) in [6, 6.07) is 4.16.